The topological polar surface area (TPSA) is 37.3 Å². The molecule has 2 rings (SSSR count). The molecule has 2 atom stereocenters. The van der Waals surface area contributed by atoms with Crippen molar-refractivity contribution in [1.82, 2.24) is 0 Å². The zero-order chi connectivity index (χ0) is 14.6. The molecule has 0 spiro atoms. The monoisotopic (exact) mass is 276 g/mol. The zero-order valence-electron chi connectivity index (χ0n) is 10.7. The van der Waals surface area contributed by atoms with Gasteiger partial charge in [0.1, 0.15) is 6.67 Å². The van der Waals surface area contributed by atoms with Crippen molar-refractivity contribution in [2.24, 2.45) is 0 Å². The fraction of sp³-hybridized carbons (Fsp3) is 0.188. The van der Waals surface area contributed by atoms with Gasteiger partial charge >= 0.3 is 0 Å². The summed E-state index contributed by atoms with van der Waals surface area (Å²) >= 11 is 0. The summed E-state index contributed by atoms with van der Waals surface area (Å²) in [5.41, 5.74) is -2.32. The van der Waals surface area contributed by atoms with Gasteiger partial charge in [0.2, 0.25) is 0 Å². The Bertz CT molecular complexity index is 572. The second-order valence-corrected chi connectivity index (χ2v) is 4.52. The number of Topliss-reactive ketones (excluding diaryl/α,β-unsaturated/α-hetero) is 1. The first-order chi connectivity index (χ1) is 9.59. The number of benzene rings is 2. The van der Waals surface area contributed by atoms with Crippen molar-refractivity contribution >= 4 is 5.78 Å². The van der Waals surface area contributed by atoms with E-state index < -0.39 is 24.2 Å². The van der Waals surface area contributed by atoms with Crippen LogP contribution >= 0.6 is 0 Å². The van der Waals surface area contributed by atoms with Crippen LogP contribution in [0.1, 0.15) is 15.9 Å². The lowest BCUT2D eigenvalue weighted by molar-refractivity contribution is -0.0462. The van der Waals surface area contributed by atoms with Gasteiger partial charge in [0, 0.05) is 5.56 Å². The van der Waals surface area contributed by atoms with E-state index in [9.17, 15) is 18.7 Å². The van der Waals surface area contributed by atoms with E-state index in [1.54, 1.807) is 36.4 Å². The van der Waals surface area contributed by atoms with Gasteiger partial charge in [0.05, 0.1) is 0 Å². The minimum Gasteiger partial charge on any atom is -0.379 e. The maximum atomic E-state index is 14.4. The third-order valence-corrected chi connectivity index (χ3v) is 3.19. The molecule has 0 aliphatic heterocycles. The molecule has 4 heteroatoms. The highest BCUT2D eigenvalue weighted by Crippen LogP contribution is 2.30. The predicted molar refractivity (Wildman–Crippen MR) is 72.0 cm³/mol. The molecule has 1 N–H and O–H groups in total. The van der Waals surface area contributed by atoms with Gasteiger partial charge in [-0.2, -0.15) is 0 Å². The molecule has 0 aromatic heterocycles. The van der Waals surface area contributed by atoms with Crippen molar-refractivity contribution in [1.29, 1.82) is 0 Å². The normalized spacial score (nSPS) is 15.3. The fourth-order valence-electron chi connectivity index (χ4n) is 1.98. The minimum atomic E-state index is -2.46. The van der Waals surface area contributed by atoms with E-state index >= 15 is 0 Å². The second-order valence-electron chi connectivity index (χ2n) is 4.52. The lowest BCUT2D eigenvalue weighted by Gasteiger charge is -2.28. The first-order valence-corrected chi connectivity index (χ1v) is 6.17. The van der Waals surface area contributed by atoms with Crippen molar-refractivity contribution in [2.45, 2.75) is 11.8 Å². The Kier molecular flexibility index (Phi) is 4.25. The SMILES string of the molecule is O=C(c1ccccc1)C(F)C(O)(CF)c1ccccc1. The third-order valence-electron chi connectivity index (χ3n) is 3.19. The molecule has 2 aromatic carbocycles. The van der Waals surface area contributed by atoms with E-state index in [1.807, 2.05) is 0 Å². The second kappa shape index (κ2) is 5.92. The molecular weight excluding hydrogens is 262 g/mol. The number of carbonyl (C=O) groups excluding carboxylic acids is 1. The Hall–Kier alpha value is -2.07. The van der Waals surface area contributed by atoms with Gasteiger partial charge in [-0.1, -0.05) is 60.7 Å². The van der Waals surface area contributed by atoms with E-state index in [1.165, 1.54) is 24.3 Å². The largest absolute Gasteiger partial charge is 0.379 e. The molecule has 0 heterocycles. The number of aliphatic hydroxyl groups is 1. The Labute approximate surface area is 115 Å². The summed E-state index contributed by atoms with van der Waals surface area (Å²) in [4.78, 5) is 12.0. The summed E-state index contributed by atoms with van der Waals surface area (Å²) in [6.45, 7) is -1.38. The van der Waals surface area contributed by atoms with Gasteiger partial charge in [-0.3, -0.25) is 4.79 Å². The Morgan fingerprint density at radius 1 is 1.05 bits per heavy atom. The van der Waals surface area contributed by atoms with Crippen molar-refractivity contribution in [3.8, 4) is 0 Å². The molecule has 0 amide bonds. The quantitative estimate of drug-likeness (QED) is 0.852. The molecule has 104 valence electrons. The molecule has 0 saturated heterocycles. The van der Waals surface area contributed by atoms with Crippen LogP contribution in [0, 0.1) is 0 Å². The van der Waals surface area contributed by atoms with Crippen LogP contribution in [0.2, 0.25) is 0 Å². The van der Waals surface area contributed by atoms with Crippen molar-refractivity contribution < 1.29 is 18.7 Å². The molecule has 0 aliphatic rings. The first-order valence-electron chi connectivity index (χ1n) is 6.17. The summed E-state index contributed by atoms with van der Waals surface area (Å²) in [6, 6.07) is 15.3. The molecule has 2 unspecified atom stereocenters. The van der Waals surface area contributed by atoms with Gasteiger partial charge in [0.15, 0.2) is 17.6 Å². The predicted octanol–water partition coefficient (Wildman–Crippen LogP) is 3.06. The lowest BCUT2D eigenvalue weighted by Crippen LogP contribution is -2.43. The van der Waals surface area contributed by atoms with Crippen LogP contribution in [0.15, 0.2) is 60.7 Å². The Morgan fingerprint density at radius 2 is 1.55 bits per heavy atom. The van der Waals surface area contributed by atoms with E-state index in [0.717, 1.165) is 0 Å². The number of carbonyl (C=O) groups is 1. The highest BCUT2D eigenvalue weighted by Gasteiger charge is 2.44. The van der Waals surface area contributed by atoms with Gasteiger partial charge in [-0.05, 0) is 5.56 Å². The number of halogens is 2. The maximum absolute atomic E-state index is 14.4. The summed E-state index contributed by atoms with van der Waals surface area (Å²) in [5.74, 6) is -0.936. The number of hydrogen-bond donors (Lipinski definition) is 1. The van der Waals surface area contributed by atoms with Crippen LogP contribution < -0.4 is 0 Å². The molecular formula is C16H14F2O2. The van der Waals surface area contributed by atoms with Crippen molar-refractivity contribution in [3.05, 3.63) is 71.8 Å². The van der Waals surface area contributed by atoms with Gasteiger partial charge in [0.25, 0.3) is 0 Å². The summed E-state index contributed by atoms with van der Waals surface area (Å²) < 4.78 is 27.6. The van der Waals surface area contributed by atoms with Crippen molar-refractivity contribution in [3.63, 3.8) is 0 Å². The number of ketones is 1. The maximum Gasteiger partial charge on any atom is 0.200 e. The lowest BCUT2D eigenvalue weighted by atomic mass is 9.86. The summed E-state index contributed by atoms with van der Waals surface area (Å²) in [5, 5.41) is 10.2. The van der Waals surface area contributed by atoms with E-state index in [2.05, 4.69) is 0 Å². The molecule has 0 fully saturated rings. The van der Waals surface area contributed by atoms with E-state index in [4.69, 9.17) is 0 Å². The highest BCUT2D eigenvalue weighted by molar-refractivity contribution is 6.00. The molecule has 2 nitrogen and oxygen atoms in total. The minimum absolute atomic E-state index is 0.0410. The van der Waals surface area contributed by atoms with E-state index in [0.29, 0.717) is 0 Å². The highest BCUT2D eigenvalue weighted by atomic mass is 19.1. The van der Waals surface area contributed by atoms with Crippen LogP contribution in [0.25, 0.3) is 0 Å². The molecule has 20 heavy (non-hydrogen) atoms. The van der Waals surface area contributed by atoms with Crippen LogP contribution in [-0.2, 0) is 5.60 Å². The summed E-state index contributed by atoms with van der Waals surface area (Å²) in [6.07, 6.45) is -2.36. The van der Waals surface area contributed by atoms with Crippen LogP contribution in [0.5, 0.6) is 0 Å². The van der Waals surface area contributed by atoms with Crippen LogP contribution in [0.3, 0.4) is 0 Å². The van der Waals surface area contributed by atoms with E-state index in [-0.39, 0.29) is 11.1 Å². The zero-order valence-corrected chi connectivity index (χ0v) is 10.7. The Balaban J connectivity index is 2.34. The first kappa shape index (κ1) is 14.3. The molecule has 0 radical (unpaired) electrons. The number of hydrogen-bond acceptors (Lipinski definition) is 2. The third kappa shape index (κ3) is 2.60. The van der Waals surface area contributed by atoms with Gasteiger partial charge < -0.3 is 5.11 Å². The number of rotatable bonds is 5. The molecule has 0 aliphatic carbocycles. The average Bonchev–Trinajstić information content (AvgIpc) is 2.54. The molecule has 2 aromatic rings. The fourth-order valence-corrected chi connectivity index (χ4v) is 1.98. The van der Waals surface area contributed by atoms with Gasteiger partial charge in [-0.25, -0.2) is 8.78 Å². The smallest absolute Gasteiger partial charge is 0.200 e. The van der Waals surface area contributed by atoms with Crippen LogP contribution in [0.4, 0.5) is 8.78 Å². The number of alkyl halides is 2. The summed E-state index contributed by atoms with van der Waals surface area (Å²) in [7, 11) is 0. The molecule has 0 saturated carbocycles. The Morgan fingerprint density at radius 3 is 2.05 bits per heavy atom. The van der Waals surface area contributed by atoms with Gasteiger partial charge in [-0.15, -0.1) is 0 Å². The molecule has 0 bridgehead atoms. The average molecular weight is 276 g/mol. The standard InChI is InChI=1S/C16H14F2O2/c17-11-16(20,13-9-5-2-6-10-13)15(18)14(19)12-7-3-1-4-8-12/h1-10,15,20H,11H2. The van der Waals surface area contributed by atoms with Crippen LogP contribution in [-0.4, -0.2) is 23.7 Å². The van der Waals surface area contributed by atoms with Crippen molar-refractivity contribution in [2.75, 3.05) is 6.67 Å².